The molecule has 0 aliphatic carbocycles. The van der Waals surface area contributed by atoms with Gasteiger partial charge >= 0.3 is 0 Å². The van der Waals surface area contributed by atoms with Crippen LogP contribution in [0.15, 0.2) is 47.5 Å². The van der Waals surface area contributed by atoms with E-state index in [1.807, 2.05) is 13.8 Å². The van der Waals surface area contributed by atoms with Gasteiger partial charge in [-0.1, -0.05) is 29.8 Å². The molecule has 3 aromatic rings. The summed E-state index contributed by atoms with van der Waals surface area (Å²) < 4.78 is 30.7. The van der Waals surface area contributed by atoms with Crippen LogP contribution in [0.4, 0.5) is 5.69 Å². The van der Waals surface area contributed by atoms with Crippen LogP contribution in [0.3, 0.4) is 0 Å². The first-order valence-electron chi connectivity index (χ1n) is 9.14. The van der Waals surface area contributed by atoms with Gasteiger partial charge in [0.05, 0.1) is 36.1 Å². The Hall–Kier alpha value is -2.42. The van der Waals surface area contributed by atoms with Gasteiger partial charge in [-0.3, -0.25) is 9.48 Å². The SMILES string of the molecule is CC(C)OCCn1cc2c([SH](=O)=O)cc(NC(=O)Cc3ccccc3Cl)cc2n1. The number of rotatable bonds is 8. The fourth-order valence-corrected chi connectivity index (χ4v) is 3.71. The molecule has 0 atom stereocenters. The van der Waals surface area contributed by atoms with E-state index in [1.54, 1.807) is 41.2 Å². The molecule has 29 heavy (non-hydrogen) atoms. The van der Waals surface area contributed by atoms with Crippen LogP contribution in [0.1, 0.15) is 19.4 Å². The normalized spacial score (nSPS) is 11.5. The van der Waals surface area contributed by atoms with Crippen molar-refractivity contribution in [2.75, 3.05) is 11.9 Å². The first-order valence-corrected chi connectivity index (χ1v) is 10.7. The van der Waals surface area contributed by atoms with Gasteiger partial charge in [0, 0.05) is 22.3 Å². The molecule has 7 nitrogen and oxygen atoms in total. The highest BCUT2D eigenvalue weighted by atomic mass is 35.5. The fraction of sp³-hybridized carbons (Fsp3) is 0.300. The molecular weight excluding hydrogens is 414 g/mol. The first kappa shape index (κ1) is 21.3. The van der Waals surface area contributed by atoms with Gasteiger partial charge in [0.25, 0.3) is 0 Å². The van der Waals surface area contributed by atoms with Crippen LogP contribution < -0.4 is 5.32 Å². The number of aromatic nitrogens is 2. The lowest BCUT2D eigenvalue weighted by molar-refractivity contribution is -0.115. The summed E-state index contributed by atoms with van der Waals surface area (Å²) in [6.07, 6.45) is 1.86. The fourth-order valence-electron chi connectivity index (χ4n) is 2.89. The number of carbonyl (C=O) groups is 1. The van der Waals surface area contributed by atoms with Crippen LogP contribution in [-0.2, 0) is 33.2 Å². The van der Waals surface area contributed by atoms with Crippen molar-refractivity contribution in [1.29, 1.82) is 0 Å². The number of hydrogen-bond acceptors (Lipinski definition) is 5. The summed E-state index contributed by atoms with van der Waals surface area (Å²) in [5, 5.41) is 8.16. The highest BCUT2D eigenvalue weighted by Gasteiger charge is 2.13. The number of nitrogens with one attached hydrogen (secondary N) is 1. The molecule has 1 aromatic heterocycles. The van der Waals surface area contributed by atoms with E-state index in [4.69, 9.17) is 16.3 Å². The topological polar surface area (TPSA) is 90.3 Å². The average molecular weight is 436 g/mol. The van der Waals surface area contributed by atoms with Crippen LogP contribution in [-0.4, -0.2) is 36.8 Å². The maximum atomic E-state index is 12.4. The molecule has 3 rings (SSSR count). The van der Waals surface area contributed by atoms with E-state index < -0.39 is 10.7 Å². The van der Waals surface area contributed by atoms with Crippen molar-refractivity contribution in [3.63, 3.8) is 0 Å². The Morgan fingerprint density at radius 3 is 2.72 bits per heavy atom. The van der Waals surface area contributed by atoms with Gasteiger partial charge < -0.3 is 10.1 Å². The van der Waals surface area contributed by atoms with Gasteiger partial charge in [0.15, 0.2) is 10.7 Å². The molecule has 0 saturated carbocycles. The monoisotopic (exact) mass is 435 g/mol. The van der Waals surface area contributed by atoms with E-state index in [-0.39, 0.29) is 23.3 Å². The molecule has 0 aliphatic rings. The second kappa shape index (κ2) is 9.39. The quantitative estimate of drug-likeness (QED) is 0.530. The second-order valence-electron chi connectivity index (χ2n) is 6.81. The molecule has 0 unspecified atom stereocenters. The minimum atomic E-state index is -2.86. The third kappa shape index (κ3) is 5.56. The summed E-state index contributed by atoms with van der Waals surface area (Å²) in [5.74, 6) is -0.297. The van der Waals surface area contributed by atoms with Gasteiger partial charge in [0.1, 0.15) is 0 Å². The zero-order valence-electron chi connectivity index (χ0n) is 16.1. The number of carbonyl (C=O) groups excluding carboxylic acids is 1. The Balaban J connectivity index is 1.82. The number of nitrogens with zero attached hydrogens (tertiary/aromatic N) is 2. The van der Waals surface area contributed by atoms with Crippen molar-refractivity contribution in [2.24, 2.45) is 0 Å². The Kier molecular flexibility index (Phi) is 6.89. The van der Waals surface area contributed by atoms with Gasteiger partial charge in [0.2, 0.25) is 5.91 Å². The lowest BCUT2D eigenvalue weighted by atomic mass is 10.1. The van der Waals surface area contributed by atoms with Crippen LogP contribution >= 0.6 is 11.6 Å². The van der Waals surface area contributed by atoms with E-state index in [2.05, 4.69) is 10.4 Å². The van der Waals surface area contributed by atoms with Crippen LogP contribution in [0.5, 0.6) is 0 Å². The molecule has 1 amide bonds. The Morgan fingerprint density at radius 1 is 1.28 bits per heavy atom. The number of fused-ring (bicyclic) bond motifs is 1. The zero-order chi connectivity index (χ0) is 21.0. The van der Waals surface area contributed by atoms with Crippen LogP contribution in [0, 0.1) is 0 Å². The summed E-state index contributed by atoms with van der Waals surface area (Å²) in [6.45, 7) is 4.84. The second-order valence-corrected chi connectivity index (χ2v) is 8.22. The van der Waals surface area contributed by atoms with E-state index in [0.29, 0.717) is 40.3 Å². The van der Waals surface area contributed by atoms with Crippen LogP contribution in [0.25, 0.3) is 10.9 Å². The van der Waals surface area contributed by atoms with Gasteiger partial charge in [-0.25, -0.2) is 8.42 Å². The van der Waals surface area contributed by atoms with Crippen molar-refractivity contribution in [3.8, 4) is 0 Å². The zero-order valence-corrected chi connectivity index (χ0v) is 17.7. The standard InChI is InChI=1S/C20H22ClN3O4S/c1-13(2)28-8-7-24-12-16-18(23-24)10-15(11-19(16)29(26)27)22-20(25)9-14-5-3-4-6-17(14)21/h3-6,10-13,29H,7-9H2,1-2H3,(H,22,25). The van der Waals surface area contributed by atoms with E-state index in [9.17, 15) is 13.2 Å². The third-order valence-electron chi connectivity index (χ3n) is 4.21. The lowest BCUT2D eigenvalue weighted by Gasteiger charge is -2.07. The van der Waals surface area contributed by atoms with Crippen molar-refractivity contribution < 1.29 is 17.9 Å². The predicted octanol–water partition coefficient (Wildman–Crippen LogP) is 3.27. The van der Waals surface area contributed by atoms with Crippen molar-refractivity contribution in [2.45, 2.75) is 37.8 Å². The molecule has 0 aliphatic heterocycles. The average Bonchev–Trinajstić information content (AvgIpc) is 3.05. The Morgan fingerprint density at radius 2 is 2.03 bits per heavy atom. The molecule has 2 aromatic carbocycles. The predicted molar refractivity (Wildman–Crippen MR) is 113 cm³/mol. The molecular formula is C20H22ClN3O4S. The molecule has 0 radical (unpaired) electrons. The molecule has 9 heteroatoms. The van der Waals surface area contributed by atoms with Crippen LogP contribution in [0.2, 0.25) is 5.02 Å². The highest BCUT2D eigenvalue weighted by Crippen LogP contribution is 2.25. The maximum absolute atomic E-state index is 12.4. The minimum Gasteiger partial charge on any atom is -0.377 e. The summed E-state index contributed by atoms with van der Waals surface area (Å²) in [6, 6.07) is 10.2. The van der Waals surface area contributed by atoms with Gasteiger partial charge in [-0.15, -0.1) is 0 Å². The first-order chi connectivity index (χ1) is 13.8. The summed E-state index contributed by atoms with van der Waals surface area (Å²) in [5.41, 5.74) is 1.55. The van der Waals surface area contributed by atoms with Crippen molar-refractivity contribution in [1.82, 2.24) is 9.78 Å². The molecule has 1 heterocycles. The number of anilines is 1. The number of benzene rings is 2. The Bertz CT molecular complexity index is 1100. The van der Waals surface area contributed by atoms with E-state index in [1.165, 1.54) is 6.07 Å². The highest BCUT2D eigenvalue weighted by molar-refractivity contribution is 7.72. The minimum absolute atomic E-state index is 0.0809. The number of thiol groups is 1. The molecule has 0 fully saturated rings. The van der Waals surface area contributed by atoms with E-state index >= 15 is 0 Å². The molecule has 0 spiro atoms. The molecule has 0 saturated heterocycles. The van der Waals surface area contributed by atoms with Crippen molar-refractivity contribution >= 4 is 44.8 Å². The Labute approximate surface area is 175 Å². The summed E-state index contributed by atoms with van der Waals surface area (Å²) in [7, 11) is -2.86. The molecule has 154 valence electrons. The number of halogens is 1. The van der Waals surface area contributed by atoms with Gasteiger partial charge in [-0.2, -0.15) is 5.10 Å². The number of amides is 1. The van der Waals surface area contributed by atoms with Crippen molar-refractivity contribution in [3.05, 3.63) is 53.2 Å². The maximum Gasteiger partial charge on any atom is 0.228 e. The number of hydrogen-bond donors (Lipinski definition) is 2. The third-order valence-corrected chi connectivity index (χ3v) is 5.34. The van der Waals surface area contributed by atoms with E-state index in [0.717, 1.165) is 0 Å². The summed E-state index contributed by atoms with van der Waals surface area (Å²) >= 11 is 6.10. The summed E-state index contributed by atoms with van der Waals surface area (Å²) in [4.78, 5) is 12.5. The smallest absolute Gasteiger partial charge is 0.228 e. The largest absolute Gasteiger partial charge is 0.377 e. The molecule has 1 N–H and O–H groups in total. The molecule has 0 bridgehead atoms. The number of ether oxygens (including phenoxy) is 1. The van der Waals surface area contributed by atoms with Gasteiger partial charge in [-0.05, 0) is 37.6 Å². The lowest BCUT2D eigenvalue weighted by Crippen LogP contribution is -2.14.